The largest absolute Gasteiger partial charge is 0.480 e. The van der Waals surface area contributed by atoms with Gasteiger partial charge in [0.1, 0.15) is 6.04 Å². The second kappa shape index (κ2) is 7.07. The fourth-order valence-electron chi connectivity index (χ4n) is 1.64. The highest BCUT2D eigenvalue weighted by atomic mass is 16.4. The minimum atomic E-state index is -1.02. The number of carboxylic acid groups (broad SMARTS) is 1. The zero-order valence-electron chi connectivity index (χ0n) is 10.9. The number of hydrogen-bond acceptors (Lipinski definition) is 5. The predicted molar refractivity (Wildman–Crippen MR) is 67.1 cm³/mol. The Labute approximate surface area is 107 Å². The zero-order chi connectivity index (χ0) is 13.5. The second-order valence-corrected chi connectivity index (χ2v) is 4.15. The van der Waals surface area contributed by atoms with Crippen LogP contribution >= 0.6 is 0 Å². The summed E-state index contributed by atoms with van der Waals surface area (Å²) >= 11 is 0. The molecule has 0 saturated carbocycles. The first-order chi connectivity index (χ1) is 8.56. The third kappa shape index (κ3) is 4.42. The van der Waals surface area contributed by atoms with Gasteiger partial charge in [-0.15, -0.1) is 5.10 Å². The van der Waals surface area contributed by atoms with Crippen molar-refractivity contribution in [2.45, 2.75) is 32.9 Å². The van der Waals surface area contributed by atoms with Gasteiger partial charge < -0.3 is 15.7 Å². The maximum absolute atomic E-state index is 10.6. The van der Waals surface area contributed by atoms with Gasteiger partial charge in [0.2, 0.25) is 0 Å². The van der Waals surface area contributed by atoms with Gasteiger partial charge in [-0.25, -0.2) is 0 Å². The van der Waals surface area contributed by atoms with Gasteiger partial charge in [-0.2, -0.15) is 0 Å². The molecular formula is C11H21N5O2. The number of aliphatic carboxylic acids is 1. The van der Waals surface area contributed by atoms with E-state index < -0.39 is 12.0 Å². The van der Waals surface area contributed by atoms with Crippen LogP contribution in [0.4, 0.5) is 0 Å². The van der Waals surface area contributed by atoms with E-state index in [9.17, 15) is 4.79 Å². The van der Waals surface area contributed by atoms with Gasteiger partial charge >= 0.3 is 5.97 Å². The molecule has 0 aliphatic rings. The highest BCUT2D eigenvalue weighted by molar-refractivity contribution is 5.73. The van der Waals surface area contributed by atoms with Gasteiger partial charge in [-0.1, -0.05) is 19.1 Å². The van der Waals surface area contributed by atoms with Crippen LogP contribution in [0.3, 0.4) is 0 Å². The van der Waals surface area contributed by atoms with E-state index in [0.717, 1.165) is 26.2 Å². The molecule has 1 aromatic rings. The molecule has 0 saturated heterocycles. The summed E-state index contributed by atoms with van der Waals surface area (Å²) in [7, 11) is 0. The maximum atomic E-state index is 10.6. The van der Waals surface area contributed by atoms with Crippen LogP contribution in [0.5, 0.6) is 0 Å². The summed E-state index contributed by atoms with van der Waals surface area (Å²) < 4.78 is 1.72. The average molecular weight is 255 g/mol. The van der Waals surface area contributed by atoms with E-state index in [4.69, 9.17) is 10.8 Å². The van der Waals surface area contributed by atoms with E-state index in [2.05, 4.69) is 29.1 Å². The van der Waals surface area contributed by atoms with Crippen LogP contribution < -0.4 is 5.73 Å². The molecule has 1 rings (SSSR count). The highest BCUT2D eigenvalue weighted by Crippen LogP contribution is 1.98. The molecule has 7 heteroatoms. The van der Waals surface area contributed by atoms with E-state index >= 15 is 0 Å². The minimum absolute atomic E-state index is 0.209. The lowest BCUT2D eigenvalue weighted by molar-refractivity contribution is -0.138. The summed E-state index contributed by atoms with van der Waals surface area (Å²) in [5.74, 6) is -1.02. The standard InChI is InChI=1S/C11H21N5O2/c1-3-15(4-2)5-6-16-8-9(13-14-16)7-10(12)11(17)18/h8,10H,3-7,12H2,1-2H3,(H,17,18). The van der Waals surface area contributed by atoms with Crippen molar-refractivity contribution in [2.24, 2.45) is 5.73 Å². The summed E-state index contributed by atoms with van der Waals surface area (Å²) in [6.45, 7) is 7.88. The van der Waals surface area contributed by atoms with Crippen LogP contribution in [0.15, 0.2) is 6.20 Å². The Bertz CT molecular complexity index is 375. The quantitative estimate of drug-likeness (QED) is 0.654. The Hall–Kier alpha value is -1.47. The molecule has 1 heterocycles. The molecule has 0 aromatic carbocycles. The molecule has 0 bridgehead atoms. The van der Waals surface area contributed by atoms with Gasteiger partial charge in [-0.3, -0.25) is 9.48 Å². The molecule has 0 amide bonds. The van der Waals surface area contributed by atoms with Gasteiger partial charge in [0.25, 0.3) is 0 Å². The van der Waals surface area contributed by atoms with Crippen molar-refractivity contribution in [3.8, 4) is 0 Å². The molecule has 0 spiro atoms. The molecule has 1 atom stereocenters. The normalized spacial score (nSPS) is 12.9. The number of nitrogens with zero attached hydrogens (tertiary/aromatic N) is 4. The van der Waals surface area contributed by atoms with E-state index in [1.54, 1.807) is 10.9 Å². The maximum Gasteiger partial charge on any atom is 0.320 e. The number of carbonyl (C=O) groups is 1. The summed E-state index contributed by atoms with van der Waals surface area (Å²) in [6.07, 6.45) is 1.97. The Morgan fingerprint density at radius 1 is 1.56 bits per heavy atom. The fraction of sp³-hybridized carbons (Fsp3) is 0.727. The predicted octanol–water partition coefficient (Wildman–Crippen LogP) is -0.426. The Morgan fingerprint density at radius 3 is 2.78 bits per heavy atom. The lowest BCUT2D eigenvalue weighted by atomic mass is 10.2. The van der Waals surface area contributed by atoms with Crippen LogP contribution in [0.25, 0.3) is 0 Å². The van der Waals surface area contributed by atoms with Gasteiger partial charge in [0, 0.05) is 19.2 Å². The van der Waals surface area contributed by atoms with Crippen LogP contribution in [-0.4, -0.2) is 56.6 Å². The Morgan fingerprint density at radius 2 is 2.22 bits per heavy atom. The van der Waals surface area contributed by atoms with E-state index in [1.807, 2.05) is 0 Å². The SMILES string of the molecule is CCN(CC)CCn1cc(CC(N)C(=O)O)nn1. The topological polar surface area (TPSA) is 97.3 Å². The van der Waals surface area contributed by atoms with Crippen molar-refractivity contribution < 1.29 is 9.90 Å². The Kier molecular flexibility index (Phi) is 5.73. The van der Waals surface area contributed by atoms with Crippen molar-refractivity contribution in [3.05, 3.63) is 11.9 Å². The summed E-state index contributed by atoms with van der Waals surface area (Å²) in [4.78, 5) is 12.9. The molecule has 3 N–H and O–H groups in total. The number of carboxylic acids is 1. The molecule has 0 aliphatic heterocycles. The summed E-state index contributed by atoms with van der Waals surface area (Å²) in [5, 5.41) is 16.6. The van der Waals surface area contributed by atoms with Gasteiger partial charge in [-0.05, 0) is 13.1 Å². The molecule has 0 aliphatic carbocycles. The monoisotopic (exact) mass is 255 g/mol. The molecule has 18 heavy (non-hydrogen) atoms. The lowest BCUT2D eigenvalue weighted by Crippen LogP contribution is -2.32. The van der Waals surface area contributed by atoms with Crippen molar-refractivity contribution in [1.29, 1.82) is 0 Å². The third-order valence-electron chi connectivity index (χ3n) is 2.87. The van der Waals surface area contributed by atoms with Crippen molar-refractivity contribution in [3.63, 3.8) is 0 Å². The van der Waals surface area contributed by atoms with Crippen molar-refractivity contribution in [2.75, 3.05) is 19.6 Å². The van der Waals surface area contributed by atoms with Crippen LogP contribution in [0, 0.1) is 0 Å². The number of nitrogens with two attached hydrogens (primary N) is 1. The first-order valence-corrected chi connectivity index (χ1v) is 6.16. The van der Waals surface area contributed by atoms with Crippen LogP contribution in [0.2, 0.25) is 0 Å². The molecule has 7 nitrogen and oxygen atoms in total. The molecule has 0 radical (unpaired) electrons. The van der Waals surface area contributed by atoms with Crippen LogP contribution in [0.1, 0.15) is 19.5 Å². The van der Waals surface area contributed by atoms with Crippen LogP contribution in [-0.2, 0) is 17.8 Å². The summed E-state index contributed by atoms with van der Waals surface area (Å²) in [6, 6.07) is -0.919. The number of aromatic nitrogens is 3. The molecule has 102 valence electrons. The molecular weight excluding hydrogens is 234 g/mol. The highest BCUT2D eigenvalue weighted by Gasteiger charge is 2.14. The first kappa shape index (κ1) is 14.6. The lowest BCUT2D eigenvalue weighted by Gasteiger charge is -2.17. The van der Waals surface area contributed by atoms with E-state index in [0.29, 0.717) is 5.69 Å². The summed E-state index contributed by atoms with van der Waals surface area (Å²) in [5.41, 5.74) is 6.05. The smallest absolute Gasteiger partial charge is 0.320 e. The minimum Gasteiger partial charge on any atom is -0.480 e. The van der Waals surface area contributed by atoms with E-state index in [-0.39, 0.29) is 6.42 Å². The molecule has 1 unspecified atom stereocenters. The fourth-order valence-corrected chi connectivity index (χ4v) is 1.64. The van der Waals surface area contributed by atoms with Gasteiger partial charge in [0.15, 0.2) is 0 Å². The molecule has 0 fully saturated rings. The molecule has 1 aromatic heterocycles. The van der Waals surface area contributed by atoms with E-state index in [1.165, 1.54) is 0 Å². The average Bonchev–Trinajstić information content (AvgIpc) is 2.78. The number of hydrogen-bond donors (Lipinski definition) is 2. The first-order valence-electron chi connectivity index (χ1n) is 6.16. The third-order valence-corrected chi connectivity index (χ3v) is 2.87. The number of likely N-dealkylation sites (N-methyl/N-ethyl adjacent to an activating group) is 1. The zero-order valence-corrected chi connectivity index (χ0v) is 10.9. The number of rotatable bonds is 8. The van der Waals surface area contributed by atoms with Gasteiger partial charge in [0.05, 0.1) is 12.2 Å². The Balaban J connectivity index is 2.45. The second-order valence-electron chi connectivity index (χ2n) is 4.15. The van der Waals surface area contributed by atoms with Crippen molar-refractivity contribution >= 4 is 5.97 Å². The van der Waals surface area contributed by atoms with Crippen molar-refractivity contribution in [1.82, 2.24) is 19.9 Å².